The van der Waals surface area contributed by atoms with E-state index in [-0.39, 0.29) is 30.8 Å². The molecule has 1 aromatic rings. The average Bonchev–Trinajstić information content (AvgIpc) is 3.12. The summed E-state index contributed by atoms with van der Waals surface area (Å²) in [5.41, 5.74) is 0.505. The van der Waals surface area contributed by atoms with Crippen LogP contribution in [0.5, 0.6) is 5.75 Å². The SMILES string of the molecule is CCCCOc1ccccc1C(=O)N[C@H]1CO[C@H]2[C@@H]1OC[C@H]2O. The number of aliphatic hydroxyl groups is 1. The van der Waals surface area contributed by atoms with Crippen molar-refractivity contribution in [3.05, 3.63) is 29.8 Å². The fourth-order valence-electron chi connectivity index (χ4n) is 2.96. The summed E-state index contributed by atoms with van der Waals surface area (Å²) in [6.07, 6.45) is 0.725. The maximum absolute atomic E-state index is 12.6. The molecule has 1 aromatic carbocycles. The zero-order valence-electron chi connectivity index (χ0n) is 13.2. The lowest BCUT2D eigenvalue weighted by Gasteiger charge is -2.18. The number of hydrogen-bond acceptors (Lipinski definition) is 5. The van der Waals surface area contributed by atoms with Crippen LogP contribution < -0.4 is 10.1 Å². The first-order valence-corrected chi connectivity index (χ1v) is 8.14. The van der Waals surface area contributed by atoms with Crippen LogP contribution in [0, 0.1) is 0 Å². The van der Waals surface area contributed by atoms with Gasteiger partial charge in [0.15, 0.2) is 0 Å². The van der Waals surface area contributed by atoms with Gasteiger partial charge in [0.25, 0.3) is 5.91 Å². The van der Waals surface area contributed by atoms with Crippen molar-refractivity contribution < 1.29 is 24.1 Å². The van der Waals surface area contributed by atoms with E-state index < -0.39 is 6.10 Å². The van der Waals surface area contributed by atoms with Gasteiger partial charge < -0.3 is 24.6 Å². The first-order valence-electron chi connectivity index (χ1n) is 8.14. The molecule has 2 heterocycles. The second-order valence-electron chi connectivity index (χ2n) is 5.94. The molecule has 0 unspecified atom stereocenters. The van der Waals surface area contributed by atoms with Crippen LogP contribution in [0.4, 0.5) is 0 Å². The number of aliphatic hydroxyl groups excluding tert-OH is 1. The Labute approximate surface area is 135 Å². The van der Waals surface area contributed by atoms with E-state index in [1.807, 2.05) is 12.1 Å². The summed E-state index contributed by atoms with van der Waals surface area (Å²) in [7, 11) is 0. The van der Waals surface area contributed by atoms with Crippen LogP contribution in [0.25, 0.3) is 0 Å². The smallest absolute Gasteiger partial charge is 0.255 e. The Morgan fingerprint density at radius 2 is 2.09 bits per heavy atom. The molecular weight excluding hydrogens is 298 g/mol. The number of rotatable bonds is 6. The minimum atomic E-state index is -0.619. The lowest BCUT2D eigenvalue weighted by molar-refractivity contribution is 0.0178. The summed E-state index contributed by atoms with van der Waals surface area (Å²) >= 11 is 0. The van der Waals surface area contributed by atoms with Crippen LogP contribution in [0.15, 0.2) is 24.3 Å². The van der Waals surface area contributed by atoms with Crippen LogP contribution in [0.1, 0.15) is 30.1 Å². The van der Waals surface area contributed by atoms with Crippen LogP contribution >= 0.6 is 0 Å². The fourth-order valence-corrected chi connectivity index (χ4v) is 2.96. The summed E-state index contributed by atoms with van der Waals surface area (Å²) in [5.74, 6) is 0.373. The van der Waals surface area contributed by atoms with Crippen molar-refractivity contribution in [1.29, 1.82) is 0 Å². The Hall–Kier alpha value is -1.63. The van der Waals surface area contributed by atoms with Gasteiger partial charge in [0.2, 0.25) is 0 Å². The quantitative estimate of drug-likeness (QED) is 0.768. The molecule has 0 spiro atoms. The van der Waals surface area contributed by atoms with Crippen LogP contribution in [-0.2, 0) is 9.47 Å². The van der Waals surface area contributed by atoms with E-state index in [2.05, 4.69) is 12.2 Å². The van der Waals surface area contributed by atoms with Gasteiger partial charge in [-0.25, -0.2) is 0 Å². The number of carbonyl (C=O) groups is 1. The topological polar surface area (TPSA) is 77.0 Å². The van der Waals surface area contributed by atoms with Crippen molar-refractivity contribution >= 4 is 5.91 Å². The number of fused-ring (bicyclic) bond motifs is 1. The number of unbranched alkanes of at least 4 members (excludes halogenated alkanes) is 1. The number of benzene rings is 1. The van der Waals surface area contributed by atoms with E-state index in [9.17, 15) is 9.90 Å². The minimum Gasteiger partial charge on any atom is -0.493 e. The second-order valence-corrected chi connectivity index (χ2v) is 5.94. The predicted octanol–water partition coefficient (Wildman–Crippen LogP) is 1.12. The number of hydrogen-bond donors (Lipinski definition) is 2. The average molecular weight is 321 g/mol. The molecule has 4 atom stereocenters. The highest BCUT2D eigenvalue weighted by Crippen LogP contribution is 2.27. The number of ether oxygens (including phenoxy) is 3. The van der Waals surface area contributed by atoms with Gasteiger partial charge >= 0.3 is 0 Å². The molecule has 2 N–H and O–H groups in total. The Kier molecular flexibility index (Phi) is 5.15. The molecule has 0 aromatic heterocycles. The Balaban J connectivity index is 1.64. The van der Waals surface area contributed by atoms with Gasteiger partial charge in [-0.05, 0) is 18.6 Å². The summed E-state index contributed by atoms with van der Waals surface area (Å²) in [6.45, 7) is 3.28. The number of amides is 1. The Bertz CT molecular complexity index is 550. The van der Waals surface area contributed by atoms with Crippen molar-refractivity contribution in [2.24, 2.45) is 0 Å². The summed E-state index contributed by atoms with van der Waals surface area (Å²) in [4.78, 5) is 12.6. The first kappa shape index (κ1) is 16.2. The zero-order chi connectivity index (χ0) is 16.2. The van der Waals surface area contributed by atoms with Crippen molar-refractivity contribution in [2.45, 2.75) is 44.1 Å². The molecule has 2 aliphatic heterocycles. The van der Waals surface area contributed by atoms with Crippen molar-refractivity contribution in [1.82, 2.24) is 5.32 Å². The molecule has 2 saturated heterocycles. The molecule has 6 nitrogen and oxygen atoms in total. The van der Waals surface area contributed by atoms with E-state index in [4.69, 9.17) is 14.2 Å². The molecule has 3 rings (SSSR count). The predicted molar refractivity (Wildman–Crippen MR) is 83.6 cm³/mol. The second kappa shape index (κ2) is 7.29. The van der Waals surface area contributed by atoms with Gasteiger partial charge in [0, 0.05) is 0 Å². The third-order valence-corrected chi connectivity index (χ3v) is 4.23. The highest BCUT2D eigenvalue weighted by molar-refractivity contribution is 5.97. The fraction of sp³-hybridized carbons (Fsp3) is 0.588. The minimum absolute atomic E-state index is 0.212. The monoisotopic (exact) mass is 321 g/mol. The largest absolute Gasteiger partial charge is 0.493 e. The first-order chi connectivity index (χ1) is 11.2. The molecule has 0 saturated carbocycles. The molecule has 1 amide bonds. The van der Waals surface area contributed by atoms with Crippen LogP contribution in [0.3, 0.4) is 0 Å². The lowest BCUT2D eigenvalue weighted by Crippen LogP contribution is -2.44. The third-order valence-electron chi connectivity index (χ3n) is 4.23. The summed E-state index contributed by atoms with van der Waals surface area (Å²) in [5, 5.41) is 12.7. The van der Waals surface area contributed by atoms with Crippen LogP contribution in [-0.4, -0.2) is 55.2 Å². The molecule has 0 radical (unpaired) electrons. The number of nitrogens with one attached hydrogen (secondary N) is 1. The van der Waals surface area contributed by atoms with Gasteiger partial charge in [0.1, 0.15) is 24.1 Å². The molecule has 0 bridgehead atoms. The Morgan fingerprint density at radius 1 is 1.30 bits per heavy atom. The molecule has 6 heteroatoms. The van der Waals surface area contributed by atoms with Gasteiger partial charge in [0.05, 0.1) is 31.4 Å². The van der Waals surface area contributed by atoms with Crippen molar-refractivity contribution in [3.8, 4) is 5.75 Å². The lowest BCUT2D eigenvalue weighted by atomic mass is 10.1. The van der Waals surface area contributed by atoms with E-state index in [1.165, 1.54) is 0 Å². The van der Waals surface area contributed by atoms with Gasteiger partial charge in [-0.15, -0.1) is 0 Å². The summed E-state index contributed by atoms with van der Waals surface area (Å²) in [6, 6.07) is 6.95. The molecule has 0 aliphatic carbocycles. The van der Waals surface area contributed by atoms with Gasteiger partial charge in [-0.1, -0.05) is 25.5 Å². The number of para-hydroxylation sites is 1. The maximum atomic E-state index is 12.6. The van der Waals surface area contributed by atoms with Gasteiger partial charge in [-0.3, -0.25) is 4.79 Å². The molecule has 23 heavy (non-hydrogen) atoms. The molecule has 2 fully saturated rings. The van der Waals surface area contributed by atoms with E-state index in [0.29, 0.717) is 24.5 Å². The van der Waals surface area contributed by atoms with E-state index >= 15 is 0 Å². The van der Waals surface area contributed by atoms with Crippen molar-refractivity contribution in [3.63, 3.8) is 0 Å². The van der Waals surface area contributed by atoms with E-state index in [0.717, 1.165) is 12.8 Å². The maximum Gasteiger partial charge on any atom is 0.255 e. The van der Waals surface area contributed by atoms with Crippen LogP contribution in [0.2, 0.25) is 0 Å². The van der Waals surface area contributed by atoms with Gasteiger partial charge in [-0.2, -0.15) is 0 Å². The normalized spacial score (nSPS) is 29.3. The highest BCUT2D eigenvalue weighted by atomic mass is 16.6. The number of carbonyl (C=O) groups excluding carboxylic acids is 1. The summed E-state index contributed by atoms with van der Waals surface area (Å²) < 4.78 is 16.8. The third kappa shape index (κ3) is 3.49. The zero-order valence-corrected chi connectivity index (χ0v) is 13.2. The Morgan fingerprint density at radius 3 is 2.91 bits per heavy atom. The van der Waals surface area contributed by atoms with Crippen molar-refractivity contribution in [2.75, 3.05) is 19.8 Å². The standard InChI is InChI=1S/C17H23NO5/c1-2-3-8-21-14-7-5-4-6-11(14)17(20)18-12-9-22-16-13(19)10-23-15(12)16/h4-7,12-13,15-16,19H,2-3,8-10H2,1H3,(H,18,20)/t12-,13+,15+,16+/m0/s1. The molecule has 2 aliphatic rings. The van der Waals surface area contributed by atoms with E-state index in [1.54, 1.807) is 12.1 Å². The highest BCUT2D eigenvalue weighted by Gasteiger charge is 2.47. The molecular formula is C17H23NO5. The molecule has 126 valence electrons.